The first kappa shape index (κ1) is 16.8. The number of nitrogens with zero attached hydrogens (tertiary/aromatic N) is 3. The zero-order chi connectivity index (χ0) is 17.0. The van der Waals surface area contributed by atoms with Gasteiger partial charge in [0.05, 0.1) is 11.6 Å². The molecule has 2 rings (SSSR count). The van der Waals surface area contributed by atoms with Gasteiger partial charge in [0.1, 0.15) is 36.8 Å². The minimum absolute atomic E-state index is 0.0747. The molecule has 1 aliphatic rings. The number of hydrogen-bond acceptors (Lipinski definition) is 4. The molecule has 1 saturated carbocycles. The molecule has 4 nitrogen and oxygen atoms in total. The topological polar surface area (TPSA) is 72.0 Å². The highest BCUT2D eigenvalue weighted by atomic mass is 19.2. The van der Waals surface area contributed by atoms with Gasteiger partial charge in [-0.15, -0.1) is 0 Å². The molecule has 0 bridgehead atoms. The van der Waals surface area contributed by atoms with Gasteiger partial charge in [-0.1, -0.05) is 12.1 Å². The van der Waals surface area contributed by atoms with Crippen LogP contribution in [0.1, 0.15) is 17.9 Å². The molecule has 0 spiro atoms. The van der Waals surface area contributed by atoms with Gasteiger partial charge in [-0.2, -0.15) is 15.6 Å². The lowest BCUT2D eigenvalue weighted by molar-refractivity contribution is -0.00569. The summed E-state index contributed by atoms with van der Waals surface area (Å²) in [6.45, 7) is 0. The maximum Gasteiger partial charge on any atom is 0.237 e. The van der Waals surface area contributed by atoms with Crippen LogP contribution in [0, 0.1) is 22.7 Å². The minimum atomic E-state index is -2.15. The quantitative estimate of drug-likeness (QED) is 0.526. The van der Waals surface area contributed by atoms with Crippen molar-refractivity contribution >= 4 is 11.4 Å². The third-order valence-corrected chi connectivity index (χ3v) is 3.61. The third kappa shape index (κ3) is 3.59. The first-order chi connectivity index (χ1) is 11.0. The molecule has 0 saturated heterocycles. The van der Waals surface area contributed by atoms with Gasteiger partial charge in [0.25, 0.3) is 0 Å². The van der Waals surface area contributed by atoms with Crippen LogP contribution in [0.2, 0.25) is 0 Å². The van der Waals surface area contributed by atoms with Gasteiger partial charge in [0.15, 0.2) is 0 Å². The van der Waals surface area contributed by atoms with Crippen LogP contribution in [-0.2, 0) is 0 Å². The molecule has 8 heteroatoms. The summed E-state index contributed by atoms with van der Waals surface area (Å²) < 4.78 is 55.0. The van der Waals surface area contributed by atoms with Crippen LogP contribution in [-0.4, -0.2) is 30.4 Å². The molecule has 4 atom stereocenters. The average Bonchev–Trinajstić information content (AvgIpc) is 2.55. The second-order valence-corrected chi connectivity index (χ2v) is 5.10. The van der Waals surface area contributed by atoms with Gasteiger partial charge >= 0.3 is 0 Å². The summed E-state index contributed by atoms with van der Waals surface area (Å²) in [6, 6.07) is 8.61. The zero-order valence-corrected chi connectivity index (χ0v) is 11.8. The van der Waals surface area contributed by atoms with Crippen molar-refractivity contribution in [3.05, 3.63) is 29.8 Å². The fraction of sp³-hybridized carbons (Fsp3) is 0.400. The molecular formula is C15H12F4N4. The fourth-order valence-electron chi connectivity index (χ4n) is 2.48. The number of rotatable bonds is 3. The Balaban J connectivity index is 2.27. The fourth-order valence-corrected chi connectivity index (χ4v) is 2.48. The van der Waals surface area contributed by atoms with E-state index in [9.17, 15) is 17.6 Å². The first-order valence-electron chi connectivity index (χ1n) is 6.78. The molecule has 1 aromatic rings. The van der Waals surface area contributed by atoms with Crippen molar-refractivity contribution in [1.82, 2.24) is 0 Å². The van der Waals surface area contributed by atoms with E-state index < -0.39 is 42.7 Å². The number of nitriles is 2. The van der Waals surface area contributed by atoms with Crippen LogP contribution in [0.5, 0.6) is 0 Å². The zero-order valence-electron chi connectivity index (χ0n) is 11.8. The molecule has 4 unspecified atom stereocenters. The Bertz CT molecular complexity index is 649. The summed E-state index contributed by atoms with van der Waals surface area (Å²) in [4.78, 5) is 0. The molecule has 120 valence electrons. The smallest absolute Gasteiger partial charge is 0.237 e. The monoisotopic (exact) mass is 324 g/mol. The lowest BCUT2D eigenvalue weighted by atomic mass is 9.79. The van der Waals surface area contributed by atoms with Gasteiger partial charge in [0, 0.05) is 6.42 Å². The summed E-state index contributed by atoms with van der Waals surface area (Å²) in [6.07, 6.45) is -9.23. The highest BCUT2D eigenvalue weighted by Gasteiger charge is 2.47. The number of hydrogen-bond donors (Lipinski definition) is 1. The van der Waals surface area contributed by atoms with Crippen LogP contribution in [0.3, 0.4) is 0 Å². The van der Waals surface area contributed by atoms with Gasteiger partial charge in [-0.25, -0.2) is 17.6 Å². The second-order valence-electron chi connectivity index (χ2n) is 5.10. The molecule has 1 aromatic carbocycles. The van der Waals surface area contributed by atoms with Gasteiger partial charge in [0.2, 0.25) is 5.71 Å². The molecule has 0 amide bonds. The van der Waals surface area contributed by atoms with Crippen LogP contribution >= 0.6 is 0 Å². The predicted octanol–water partition coefficient (Wildman–Crippen LogP) is 3.34. The van der Waals surface area contributed by atoms with Crippen molar-refractivity contribution in [2.24, 2.45) is 5.10 Å². The summed E-state index contributed by atoms with van der Waals surface area (Å²) in [5, 5.41) is 20.6. The Kier molecular flexibility index (Phi) is 5.17. The molecule has 23 heavy (non-hydrogen) atoms. The van der Waals surface area contributed by atoms with E-state index in [0.717, 1.165) is 0 Å². The minimum Gasteiger partial charge on any atom is -0.277 e. The summed E-state index contributed by atoms with van der Waals surface area (Å²) in [7, 11) is 0. The summed E-state index contributed by atoms with van der Waals surface area (Å²) in [5.41, 5.74) is 2.26. The Morgan fingerprint density at radius 3 is 2.26 bits per heavy atom. The Morgan fingerprint density at radius 1 is 1.09 bits per heavy atom. The van der Waals surface area contributed by atoms with E-state index in [-0.39, 0.29) is 11.3 Å². The van der Waals surface area contributed by atoms with E-state index in [1.54, 1.807) is 0 Å². The Morgan fingerprint density at radius 2 is 1.70 bits per heavy atom. The second kappa shape index (κ2) is 7.10. The van der Waals surface area contributed by atoms with E-state index in [2.05, 4.69) is 10.5 Å². The number of nitrogens with one attached hydrogen (secondary N) is 1. The molecule has 0 heterocycles. The number of alkyl halides is 4. The molecule has 0 radical (unpaired) electrons. The van der Waals surface area contributed by atoms with E-state index in [4.69, 9.17) is 10.5 Å². The van der Waals surface area contributed by atoms with E-state index in [1.165, 1.54) is 36.4 Å². The Labute approximate surface area is 130 Å². The van der Waals surface area contributed by atoms with Crippen LogP contribution in [0.15, 0.2) is 29.4 Å². The Hall–Kier alpha value is -2.61. The number of halogens is 4. The highest BCUT2D eigenvalue weighted by molar-refractivity contribution is 6.10. The molecule has 1 fully saturated rings. The molecular weight excluding hydrogens is 312 g/mol. The average molecular weight is 324 g/mol. The van der Waals surface area contributed by atoms with Gasteiger partial charge in [-0.05, 0) is 17.7 Å². The van der Waals surface area contributed by atoms with Crippen molar-refractivity contribution in [3.63, 3.8) is 0 Å². The maximum absolute atomic E-state index is 14.0. The van der Waals surface area contributed by atoms with E-state index >= 15 is 0 Å². The normalized spacial score (nSPS) is 29.9. The van der Waals surface area contributed by atoms with E-state index in [0.29, 0.717) is 0 Å². The molecule has 1 aliphatic carbocycles. The van der Waals surface area contributed by atoms with Gasteiger partial charge in [-0.3, -0.25) is 5.43 Å². The number of hydrazone groups is 1. The first-order valence-corrected chi connectivity index (χ1v) is 6.78. The predicted molar refractivity (Wildman–Crippen MR) is 75.7 cm³/mol. The van der Waals surface area contributed by atoms with Crippen molar-refractivity contribution in [1.29, 1.82) is 10.5 Å². The largest absolute Gasteiger partial charge is 0.277 e. The molecule has 0 aromatic heterocycles. The van der Waals surface area contributed by atoms with Crippen molar-refractivity contribution in [2.45, 2.75) is 37.0 Å². The number of benzene rings is 1. The molecule has 0 aliphatic heterocycles. The maximum atomic E-state index is 14.0. The lowest BCUT2D eigenvalue weighted by Gasteiger charge is -2.34. The van der Waals surface area contributed by atoms with Crippen molar-refractivity contribution in [3.8, 4) is 12.1 Å². The SMILES string of the molecule is N#CC(C#N)=NNc1cccc(C2C(F)C(F)CC(F)C2F)c1. The molecule has 1 N–H and O–H groups in total. The lowest BCUT2D eigenvalue weighted by Crippen LogP contribution is -2.43. The highest BCUT2D eigenvalue weighted by Crippen LogP contribution is 2.40. The van der Waals surface area contributed by atoms with Crippen molar-refractivity contribution < 1.29 is 17.6 Å². The van der Waals surface area contributed by atoms with Crippen LogP contribution < -0.4 is 5.43 Å². The third-order valence-electron chi connectivity index (χ3n) is 3.61. The van der Waals surface area contributed by atoms with E-state index in [1.807, 2.05) is 0 Å². The van der Waals surface area contributed by atoms with Crippen LogP contribution in [0.25, 0.3) is 0 Å². The van der Waals surface area contributed by atoms with Crippen molar-refractivity contribution in [2.75, 3.05) is 5.43 Å². The summed E-state index contributed by atoms with van der Waals surface area (Å²) in [5.74, 6) is -1.56. The van der Waals surface area contributed by atoms with Crippen LogP contribution in [0.4, 0.5) is 23.2 Å². The summed E-state index contributed by atoms with van der Waals surface area (Å²) >= 11 is 0. The number of anilines is 1. The van der Waals surface area contributed by atoms with Gasteiger partial charge < -0.3 is 0 Å². The standard InChI is InChI=1S/C15H12F4N4/c16-11-5-12(17)15(19)13(14(11)18)8-2-1-3-9(4-8)22-23-10(6-20)7-21/h1-4,11-15,22H,5H2.